The van der Waals surface area contributed by atoms with Crippen molar-refractivity contribution in [3.63, 3.8) is 0 Å². The van der Waals surface area contributed by atoms with E-state index in [9.17, 15) is 13.6 Å². The van der Waals surface area contributed by atoms with Crippen LogP contribution < -0.4 is 11.1 Å². The van der Waals surface area contributed by atoms with E-state index in [-0.39, 0.29) is 5.91 Å². The van der Waals surface area contributed by atoms with Gasteiger partial charge in [0, 0.05) is 25.5 Å². The van der Waals surface area contributed by atoms with E-state index in [0.717, 1.165) is 21.5 Å². The predicted molar refractivity (Wildman–Crippen MR) is 80.2 cm³/mol. The maximum Gasteiger partial charge on any atom is 0.245 e. The molecular formula is C14H9BrF2N2OS. The number of hydrogen-bond donors (Lipinski definition) is 2. The Bertz CT molecular complexity index is 754. The zero-order valence-corrected chi connectivity index (χ0v) is 12.9. The molecule has 3 rings (SSSR count). The van der Waals surface area contributed by atoms with Crippen LogP contribution in [0.2, 0.25) is 0 Å². The summed E-state index contributed by atoms with van der Waals surface area (Å²) in [6.07, 6.45) is 0. The van der Waals surface area contributed by atoms with E-state index in [2.05, 4.69) is 21.2 Å². The lowest BCUT2D eigenvalue weighted by atomic mass is 10.1. The quantitative estimate of drug-likeness (QED) is 0.844. The highest BCUT2D eigenvalue weighted by Gasteiger charge is 2.28. The summed E-state index contributed by atoms with van der Waals surface area (Å²) in [6, 6.07) is 6.54. The summed E-state index contributed by atoms with van der Waals surface area (Å²) in [6.45, 7) is 0. The Balaban J connectivity index is 1.95. The normalized spacial score (nSPS) is 16.8. The van der Waals surface area contributed by atoms with Crippen molar-refractivity contribution in [3.8, 4) is 0 Å². The van der Waals surface area contributed by atoms with Crippen LogP contribution in [-0.2, 0) is 4.79 Å². The molecule has 1 unspecified atom stereocenters. The van der Waals surface area contributed by atoms with Crippen LogP contribution in [0.25, 0.3) is 0 Å². The number of rotatable bonds is 2. The fourth-order valence-electron chi connectivity index (χ4n) is 2.03. The predicted octanol–water partition coefficient (Wildman–Crippen LogP) is 3.83. The van der Waals surface area contributed by atoms with E-state index < -0.39 is 17.7 Å². The van der Waals surface area contributed by atoms with Crippen molar-refractivity contribution in [3.05, 3.63) is 52.0 Å². The van der Waals surface area contributed by atoms with Crippen molar-refractivity contribution in [2.24, 2.45) is 5.73 Å². The van der Waals surface area contributed by atoms with Crippen LogP contribution in [-0.4, -0.2) is 5.91 Å². The van der Waals surface area contributed by atoms with Crippen LogP contribution in [0.1, 0.15) is 11.6 Å². The minimum absolute atomic E-state index is 0.258. The molecule has 108 valence electrons. The Kier molecular flexibility index (Phi) is 3.73. The first-order valence-corrected chi connectivity index (χ1v) is 7.59. The number of hydrogen-bond acceptors (Lipinski definition) is 3. The summed E-state index contributed by atoms with van der Waals surface area (Å²) < 4.78 is 26.9. The third kappa shape index (κ3) is 2.68. The van der Waals surface area contributed by atoms with Crippen molar-refractivity contribution >= 4 is 39.3 Å². The third-order valence-electron chi connectivity index (χ3n) is 3.10. The van der Waals surface area contributed by atoms with E-state index in [1.165, 1.54) is 17.8 Å². The Morgan fingerprint density at radius 3 is 2.67 bits per heavy atom. The van der Waals surface area contributed by atoms with Crippen LogP contribution >= 0.6 is 27.7 Å². The SMILES string of the molecule is NC1C(=O)Nc2cc(Sc3ccc(F)c(F)c3)c(Br)cc21. The fraction of sp³-hybridized carbons (Fsp3) is 0.0714. The molecule has 7 heteroatoms. The van der Waals surface area contributed by atoms with Gasteiger partial charge in [0.1, 0.15) is 6.04 Å². The van der Waals surface area contributed by atoms with Crippen molar-refractivity contribution < 1.29 is 13.6 Å². The number of carbonyl (C=O) groups excluding carboxylic acids is 1. The van der Waals surface area contributed by atoms with Gasteiger partial charge in [-0.3, -0.25) is 4.79 Å². The summed E-state index contributed by atoms with van der Waals surface area (Å²) in [5.41, 5.74) is 7.12. The monoisotopic (exact) mass is 370 g/mol. The topological polar surface area (TPSA) is 55.1 Å². The molecule has 1 heterocycles. The molecule has 0 bridgehead atoms. The molecule has 3 nitrogen and oxygen atoms in total. The highest BCUT2D eigenvalue weighted by atomic mass is 79.9. The molecule has 1 atom stereocenters. The lowest BCUT2D eigenvalue weighted by molar-refractivity contribution is -0.116. The number of nitrogens with two attached hydrogens (primary N) is 1. The lowest BCUT2D eigenvalue weighted by Crippen LogP contribution is -2.19. The fourth-order valence-corrected chi connectivity index (χ4v) is 3.52. The second-order valence-electron chi connectivity index (χ2n) is 4.51. The van der Waals surface area contributed by atoms with Gasteiger partial charge in [-0.25, -0.2) is 8.78 Å². The van der Waals surface area contributed by atoms with E-state index in [0.29, 0.717) is 16.1 Å². The Morgan fingerprint density at radius 1 is 1.19 bits per heavy atom. The number of nitrogens with one attached hydrogen (secondary N) is 1. The van der Waals surface area contributed by atoms with E-state index >= 15 is 0 Å². The molecule has 0 saturated heterocycles. The first kappa shape index (κ1) is 14.5. The Hall–Kier alpha value is -1.44. The Morgan fingerprint density at radius 2 is 1.95 bits per heavy atom. The van der Waals surface area contributed by atoms with Gasteiger partial charge in [0.05, 0.1) is 0 Å². The number of benzene rings is 2. The zero-order valence-electron chi connectivity index (χ0n) is 10.5. The molecule has 1 amide bonds. The highest BCUT2D eigenvalue weighted by Crippen LogP contribution is 2.40. The molecule has 0 aliphatic carbocycles. The van der Waals surface area contributed by atoms with Gasteiger partial charge < -0.3 is 11.1 Å². The van der Waals surface area contributed by atoms with Crippen molar-refractivity contribution in [2.75, 3.05) is 5.32 Å². The molecule has 0 spiro atoms. The van der Waals surface area contributed by atoms with Gasteiger partial charge in [0.2, 0.25) is 5.91 Å². The van der Waals surface area contributed by atoms with Crippen LogP contribution in [0.4, 0.5) is 14.5 Å². The molecular weight excluding hydrogens is 362 g/mol. The van der Waals surface area contributed by atoms with Gasteiger partial charge in [-0.05, 0) is 46.3 Å². The second-order valence-corrected chi connectivity index (χ2v) is 6.48. The van der Waals surface area contributed by atoms with Gasteiger partial charge in [0.25, 0.3) is 0 Å². The third-order valence-corrected chi connectivity index (χ3v) is 5.06. The number of amides is 1. The molecule has 2 aromatic carbocycles. The summed E-state index contributed by atoms with van der Waals surface area (Å²) in [5, 5.41) is 2.69. The largest absolute Gasteiger partial charge is 0.324 e. The number of fused-ring (bicyclic) bond motifs is 1. The van der Waals surface area contributed by atoms with Gasteiger partial charge in [0.15, 0.2) is 11.6 Å². The molecule has 3 N–H and O–H groups in total. The van der Waals surface area contributed by atoms with E-state index in [4.69, 9.17) is 5.73 Å². The zero-order chi connectivity index (χ0) is 15.1. The molecule has 0 saturated carbocycles. The Labute approximate surface area is 132 Å². The molecule has 1 aliphatic heterocycles. The van der Waals surface area contributed by atoms with Crippen LogP contribution in [0.5, 0.6) is 0 Å². The first-order chi connectivity index (χ1) is 9.95. The molecule has 0 fully saturated rings. The van der Waals surface area contributed by atoms with Gasteiger partial charge in [-0.15, -0.1) is 0 Å². The molecule has 1 aliphatic rings. The highest BCUT2D eigenvalue weighted by molar-refractivity contribution is 9.10. The lowest BCUT2D eigenvalue weighted by Gasteiger charge is -2.09. The first-order valence-electron chi connectivity index (χ1n) is 5.98. The standard InChI is InChI=1S/C14H9BrF2N2OS/c15-8-4-7-11(19-14(20)13(7)18)5-12(8)21-6-1-2-9(16)10(17)3-6/h1-5,13H,18H2,(H,19,20). The number of carbonyl (C=O) groups is 1. The van der Waals surface area contributed by atoms with Crippen LogP contribution in [0.3, 0.4) is 0 Å². The van der Waals surface area contributed by atoms with Crippen molar-refractivity contribution in [1.29, 1.82) is 0 Å². The molecule has 0 radical (unpaired) electrons. The average molecular weight is 371 g/mol. The van der Waals surface area contributed by atoms with Gasteiger partial charge >= 0.3 is 0 Å². The minimum atomic E-state index is -0.896. The van der Waals surface area contributed by atoms with E-state index in [1.54, 1.807) is 12.1 Å². The molecule has 0 aromatic heterocycles. The number of halogens is 3. The van der Waals surface area contributed by atoms with Crippen LogP contribution in [0.15, 0.2) is 44.6 Å². The van der Waals surface area contributed by atoms with Gasteiger partial charge in [-0.1, -0.05) is 11.8 Å². The molecule has 21 heavy (non-hydrogen) atoms. The van der Waals surface area contributed by atoms with Crippen molar-refractivity contribution in [2.45, 2.75) is 15.8 Å². The minimum Gasteiger partial charge on any atom is -0.324 e. The smallest absolute Gasteiger partial charge is 0.245 e. The van der Waals surface area contributed by atoms with Crippen molar-refractivity contribution in [1.82, 2.24) is 0 Å². The summed E-state index contributed by atoms with van der Waals surface area (Å²) in [7, 11) is 0. The maximum atomic E-state index is 13.2. The summed E-state index contributed by atoms with van der Waals surface area (Å²) in [4.78, 5) is 12.9. The average Bonchev–Trinajstić information content (AvgIpc) is 2.70. The maximum absolute atomic E-state index is 13.2. The number of anilines is 1. The van der Waals surface area contributed by atoms with E-state index in [1.807, 2.05) is 0 Å². The van der Waals surface area contributed by atoms with Crippen LogP contribution in [0, 0.1) is 11.6 Å². The molecule has 2 aromatic rings. The summed E-state index contributed by atoms with van der Waals surface area (Å²) >= 11 is 4.66. The van der Waals surface area contributed by atoms with Gasteiger partial charge in [-0.2, -0.15) is 0 Å². The second kappa shape index (κ2) is 5.40. The summed E-state index contributed by atoms with van der Waals surface area (Å²) in [5.74, 6) is -2.04.